The van der Waals surface area contributed by atoms with Crippen molar-refractivity contribution < 1.29 is 14.6 Å². The molecule has 1 saturated heterocycles. The second-order valence-electron chi connectivity index (χ2n) is 5.51. The van der Waals surface area contributed by atoms with Crippen LogP contribution in [0.5, 0.6) is 5.75 Å². The molecule has 0 unspecified atom stereocenters. The van der Waals surface area contributed by atoms with Crippen LogP contribution in [0.1, 0.15) is 25.8 Å². The van der Waals surface area contributed by atoms with E-state index in [-0.39, 0.29) is 24.3 Å². The quantitative estimate of drug-likeness (QED) is 0.929. The van der Waals surface area contributed by atoms with Gasteiger partial charge in [0.05, 0.1) is 24.2 Å². The summed E-state index contributed by atoms with van der Waals surface area (Å²) in [6.07, 6.45) is 0.610. The normalized spacial score (nSPS) is 22.2. The SMILES string of the molecule is CCOc1c(Cl)cccc1CC(=O)N1CC[C@@H](O)[C@@H](C)C1. The third-order valence-electron chi connectivity index (χ3n) is 3.89. The Hall–Kier alpha value is -1.26. The minimum atomic E-state index is -0.306. The molecule has 0 saturated carbocycles. The fourth-order valence-electron chi connectivity index (χ4n) is 2.63. The molecule has 4 nitrogen and oxygen atoms in total. The molecule has 0 radical (unpaired) electrons. The van der Waals surface area contributed by atoms with E-state index in [1.165, 1.54) is 0 Å². The van der Waals surface area contributed by atoms with Gasteiger partial charge in [0.15, 0.2) is 0 Å². The van der Waals surface area contributed by atoms with Gasteiger partial charge in [-0.05, 0) is 25.3 Å². The fourth-order valence-corrected chi connectivity index (χ4v) is 2.88. The number of halogens is 1. The van der Waals surface area contributed by atoms with E-state index in [4.69, 9.17) is 16.3 Å². The van der Waals surface area contributed by atoms with Gasteiger partial charge in [0.1, 0.15) is 5.75 Å². The topological polar surface area (TPSA) is 49.8 Å². The maximum atomic E-state index is 12.4. The van der Waals surface area contributed by atoms with Crippen molar-refractivity contribution >= 4 is 17.5 Å². The monoisotopic (exact) mass is 311 g/mol. The first-order valence-corrected chi connectivity index (χ1v) is 7.76. The predicted octanol–water partition coefficient (Wildman–Crippen LogP) is 2.51. The molecule has 1 aromatic carbocycles. The first-order chi connectivity index (χ1) is 10.0. The van der Waals surface area contributed by atoms with Crippen molar-refractivity contribution in [1.29, 1.82) is 0 Å². The standard InChI is InChI=1S/C16H22ClNO3/c1-3-21-16-12(5-4-6-13(16)17)9-15(20)18-8-7-14(19)11(2)10-18/h4-6,11,14,19H,3,7-10H2,1-2H3/t11-,14+/m0/s1. The molecule has 1 aliphatic rings. The van der Waals surface area contributed by atoms with Gasteiger partial charge in [-0.2, -0.15) is 0 Å². The van der Waals surface area contributed by atoms with Crippen molar-refractivity contribution in [2.45, 2.75) is 32.8 Å². The Bertz CT molecular complexity index is 506. The van der Waals surface area contributed by atoms with Crippen LogP contribution < -0.4 is 4.74 Å². The van der Waals surface area contributed by atoms with Gasteiger partial charge in [0.2, 0.25) is 5.91 Å². The Morgan fingerprint density at radius 1 is 1.52 bits per heavy atom. The van der Waals surface area contributed by atoms with E-state index in [1.54, 1.807) is 6.07 Å². The number of hydrogen-bond donors (Lipinski definition) is 1. The summed E-state index contributed by atoms with van der Waals surface area (Å²) in [6.45, 7) is 5.58. The van der Waals surface area contributed by atoms with E-state index in [9.17, 15) is 9.90 Å². The van der Waals surface area contributed by atoms with Gasteiger partial charge < -0.3 is 14.7 Å². The van der Waals surface area contributed by atoms with Crippen molar-refractivity contribution in [3.8, 4) is 5.75 Å². The van der Waals surface area contributed by atoms with E-state index in [0.717, 1.165) is 5.56 Å². The maximum absolute atomic E-state index is 12.4. The number of aliphatic hydroxyl groups excluding tert-OH is 1. The summed E-state index contributed by atoms with van der Waals surface area (Å²) in [7, 11) is 0. The molecule has 21 heavy (non-hydrogen) atoms. The van der Waals surface area contributed by atoms with Crippen molar-refractivity contribution in [3.05, 3.63) is 28.8 Å². The van der Waals surface area contributed by atoms with E-state index in [1.807, 2.05) is 30.9 Å². The number of likely N-dealkylation sites (tertiary alicyclic amines) is 1. The molecule has 1 heterocycles. The van der Waals surface area contributed by atoms with E-state index >= 15 is 0 Å². The lowest BCUT2D eigenvalue weighted by Gasteiger charge is -2.34. The molecular weight excluding hydrogens is 290 g/mol. The third-order valence-corrected chi connectivity index (χ3v) is 4.19. The zero-order valence-electron chi connectivity index (χ0n) is 12.5. The predicted molar refractivity (Wildman–Crippen MR) is 82.7 cm³/mol. The van der Waals surface area contributed by atoms with E-state index in [0.29, 0.717) is 36.9 Å². The minimum Gasteiger partial charge on any atom is -0.492 e. The highest BCUT2D eigenvalue weighted by Gasteiger charge is 2.27. The smallest absolute Gasteiger partial charge is 0.227 e. The summed E-state index contributed by atoms with van der Waals surface area (Å²) < 4.78 is 5.55. The number of para-hydroxylation sites is 1. The number of ether oxygens (including phenoxy) is 1. The van der Waals surface area contributed by atoms with Crippen LogP contribution >= 0.6 is 11.6 Å². The van der Waals surface area contributed by atoms with Crippen LogP contribution in [0.2, 0.25) is 5.02 Å². The first kappa shape index (κ1) is 16.1. The maximum Gasteiger partial charge on any atom is 0.227 e. The van der Waals surface area contributed by atoms with Crippen LogP contribution in [-0.2, 0) is 11.2 Å². The van der Waals surface area contributed by atoms with E-state index in [2.05, 4.69) is 0 Å². The van der Waals surface area contributed by atoms with Crippen molar-refractivity contribution in [2.24, 2.45) is 5.92 Å². The number of benzene rings is 1. The van der Waals surface area contributed by atoms with Crippen LogP contribution in [0.15, 0.2) is 18.2 Å². The Morgan fingerprint density at radius 2 is 2.29 bits per heavy atom. The van der Waals surface area contributed by atoms with Crippen LogP contribution in [0.25, 0.3) is 0 Å². The molecule has 5 heteroatoms. The fraction of sp³-hybridized carbons (Fsp3) is 0.562. The van der Waals surface area contributed by atoms with Crippen LogP contribution in [-0.4, -0.2) is 41.7 Å². The number of nitrogens with zero attached hydrogens (tertiary/aromatic N) is 1. The molecule has 2 atom stereocenters. The number of hydrogen-bond acceptors (Lipinski definition) is 3. The lowest BCUT2D eigenvalue weighted by molar-refractivity contribution is -0.134. The average molecular weight is 312 g/mol. The number of carbonyl (C=O) groups is 1. The average Bonchev–Trinajstić information content (AvgIpc) is 2.45. The molecule has 2 rings (SSSR count). The highest BCUT2D eigenvalue weighted by Crippen LogP contribution is 2.29. The molecular formula is C16H22ClNO3. The van der Waals surface area contributed by atoms with Crippen LogP contribution in [0, 0.1) is 5.92 Å². The largest absolute Gasteiger partial charge is 0.492 e. The third kappa shape index (κ3) is 3.89. The van der Waals surface area contributed by atoms with Crippen molar-refractivity contribution in [1.82, 2.24) is 4.90 Å². The number of amides is 1. The van der Waals surface area contributed by atoms with Gasteiger partial charge in [0, 0.05) is 18.7 Å². The highest BCUT2D eigenvalue weighted by atomic mass is 35.5. The summed E-state index contributed by atoms with van der Waals surface area (Å²) in [5.74, 6) is 0.769. The van der Waals surface area contributed by atoms with Gasteiger partial charge >= 0.3 is 0 Å². The summed E-state index contributed by atoms with van der Waals surface area (Å²) in [4.78, 5) is 14.2. The number of rotatable bonds is 4. The van der Waals surface area contributed by atoms with Crippen molar-refractivity contribution in [3.63, 3.8) is 0 Å². The number of piperidine rings is 1. The molecule has 1 fully saturated rings. The summed E-state index contributed by atoms with van der Waals surface area (Å²) >= 11 is 6.14. The summed E-state index contributed by atoms with van der Waals surface area (Å²) in [6, 6.07) is 5.47. The van der Waals surface area contributed by atoms with Crippen molar-refractivity contribution in [2.75, 3.05) is 19.7 Å². The molecule has 116 valence electrons. The molecule has 1 N–H and O–H groups in total. The molecule has 0 spiro atoms. The van der Waals surface area contributed by atoms with Gasteiger partial charge in [-0.15, -0.1) is 0 Å². The van der Waals surface area contributed by atoms with Crippen LogP contribution in [0.4, 0.5) is 0 Å². The van der Waals surface area contributed by atoms with Gasteiger partial charge in [-0.1, -0.05) is 30.7 Å². The highest BCUT2D eigenvalue weighted by molar-refractivity contribution is 6.32. The number of carbonyl (C=O) groups excluding carboxylic acids is 1. The first-order valence-electron chi connectivity index (χ1n) is 7.39. The zero-order chi connectivity index (χ0) is 15.4. The lowest BCUT2D eigenvalue weighted by atomic mass is 9.96. The van der Waals surface area contributed by atoms with Gasteiger partial charge in [-0.25, -0.2) is 0 Å². The Balaban J connectivity index is 2.08. The second kappa shape index (κ2) is 7.14. The molecule has 1 aromatic rings. The Morgan fingerprint density at radius 3 is 2.95 bits per heavy atom. The second-order valence-corrected chi connectivity index (χ2v) is 5.92. The number of aliphatic hydroxyl groups is 1. The Kier molecular flexibility index (Phi) is 5.48. The van der Waals surface area contributed by atoms with Gasteiger partial charge in [0.25, 0.3) is 0 Å². The lowest BCUT2D eigenvalue weighted by Crippen LogP contribution is -2.45. The minimum absolute atomic E-state index is 0.0527. The molecule has 0 aromatic heterocycles. The molecule has 1 amide bonds. The Labute approximate surface area is 130 Å². The van der Waals surface area contributed by atoms with Gasteiger partial charge in [-0.3, -0.25) is 4.79 Å². The molecule has 1 aliphatic heterocycles. The van der Waals surface area contributed by atoms with E-state index < -0.39 is 0 Å². The molecule has 0 bridgehead atoms. The summed E-state index contributed by atoms with van der Waals surface area (Å²) in [5.41, 5.74) is 0.813. The molecule has 0 aliphatic carbocycles. The summed E-state index contributed by atoms with van der Waals surface area (Å²) in [5, 5.41) is 10.3. The zero-order valence-corrected chi connectivity index (χ0v) is 13.3. The van der Waals surface area contributed by atoms with Crippen LogP contribution in [0.3, 0.4) is 0 Å².